The molecular formula is C16H18INO2. The van der Waals surface area contributed by atoms with Crippen LogP contribution in [0.5, 0.6) is 0 Å². The number of benzene rings is 1. The van der Waals surface area contributed by atoms with Gasteiger partial charge in [0.05, 0.1) is 12.1 Å². The summed E-state index contributed by atoms with van der Waals surface area (Å²) in [4.78, 5) is 14.5. The number of hydrogen-bond acceptors (Lipinski definition) is 2. The second-order valence-electron chi connectivity index (χ2n) is 5.02. The molecule has 1 heterocycles. The molecule has 0 aliphatic carbocycles. The van der Waals surface area contributed by atoms with Gasteiger partial charge in [0.2, 0.25) is 0 Å². The molecule has 1 aromatic carbocycles. The van der Waals surface area contributed by atoms with E-state index in [1.54, 1.807) is 0 Å². The van der Waals surface area contributed by atoms with Crippen molar-refractivity contribution in [1.29, 1.82) is 0 Å². The summed E-state index contributed by atoms with van der Waals surface area (Å²) >= 11 is 2.20. The number of nitrogens with zero attached hydrogens (tertiary/aromatic N) is 1. The number of carbonyl (C=O) groups excluding carboxylic acids is 1. The lowest BCUT2D eigenvalue weighted by molar-refractivity contribution is 0.0674. The van der Waals surface area contributed by atoms with Gasteiger partial charge in [-0.1, -0.05) is 12.1 Å². The van der Waals surface area contributed by atoms with Crippen molar-refractivity contribution in [3.05, 3.63) is 57.1 Å². The highest BCUT2D eigenvalue weighted by Crippen LogP contribution is 2.18. The highest BCUT2D eigenvalue weighted by Gasteiger charge is 2.21. The molecule has 0 aliphatic heterocycles. The SMILES string of the molecule is Cc1ccc(CN(C(=O)c2ccccc2I)C(C)C)o1. The molecule has 4 heteroatoms. The molecular weight excluding hydrogens is 365 g/mol. The van der Waals surface area contributed by atoms with Gasteiger partial charge < -0.3 is 9.32 Å². The maximum absolute atomic E-state index is 12.7. The quantitative estimate of drug-likeness (QED) is 0.740. The Bertz CT molecular complexity index is 604. The van der Waals surface area contributed by atoms with Gasteiger partial charge >= 0.3 is 0 Å². The molecule has 0 N–H and O–H groups in total. The average Bonchev–Trinajstić information content (AvgIpc) is 2.81. The molecule has 106 valence electrons. The van der Waals surface area contributed by atoms with Crippen LogP contribution in [0.1, 0.15) is 35.7 Å². The zero-order chi connectivity index (χ0) is 14.7. The largest absolute Gasteiger partial charge is 0.464 e. The van der Waals surface area contributed by atoms with E-state index in [0.29, 0.717) is 6.54 Å². The van der Waals surface area contributed by atoms with Crippen molar-refractivity contribution in [2.75, 3.05) is 0 Å². The van der Waals surface area contributed by atoms with Gasteiger partial charge in [-0.3, -0.25) is 4.79 Å². The Balaban J connectivity index is 2.25. The van der Waals surface area contributed by atoms with Crippen molar-refractivity contribution in [1.82, 2.24) is 4.90 Å². The first-order valence-corrected chi connectivity index (χ1v) is 7.67. The van der Waals surface area contributed by atoms with E-state index in [4.69, 9.17) is 4.42 Å². The zero-order valence-electron chi connectivity index (χ0n) is 11.9. The van der Waals surface area contributed by atoms with Crippen molar-refractivity contribution in [2.45, 2.75) is 33.4 Å². The third-order valence-electron chi connectivity index (χ3n) is 3.11. The highest BCUT2D eigenvalue weighted by molar-refractivity contribution is 14.1. The molecule has 0 saturated carbocycles. The normalized spacial score (nSPS) is 10.8. The third-order valence-corrected chi connectivity index (χ3v) is 4.05. The van der Waals surface area contributed by atoms with Crippen LogP contribution in [0.2, 0.25) is 0 Å². The minimum absolute atomic E-state index is 0.0408. The molecule has 0 atom stereocenters. The van der Waals surface area contributed by atoms with Gasteiger partial charge in [0, 0.05) is 9.61 Å². The lowest BCUT2D eigenvalue weighted by Gasteiger charge is -2.26. The fourth-order valence-corrected chi connectivity index (χ4v) is 2.63. The topological polar surface area (TPSA) is 33.5 Å². The number of aryl methyl sites for hydroxylation is 1. The molecule has 2 aromatic rings. The van der Waals surface area contributed by atoms with E-state index in [9.17, 15) is 4.79 Å². The summed E-state index contributed by atoms with van der Waals surface area (Å²) < 4.78 is 6.55. The van der Waals surface area contributed by atoms with Crippen LogP contribution in [0.4, 0.5) is 0 Å². The monoisotopic (exact) mass is 383 g/mol. The van der Waals surface area contributed by atoms with Crippen molar-refractivity contribution in [2.24, 2.45) is 0 Å². The van der Waals surface area contributed by atoms with Crippen molar-refractivity contribution in [3.63, 3.8) is 0 Å². The van der Waals surface area contributed by atoms with Gasteiger partial charge in [-0.2, -0.15) is 0 Å². The smallest absolute Gasteiger partial charge is 0.255 e. The average molecular weight is 383 g/mol. The summed E-state index contributed by atoms with van der Waals surface area (Å²) in [5.41, 5.74) is 0.741. The number of hydrogen-bond donors (Lipinski definition) is 0. The summed E-state index contributed by atoms with van der Waals surface area (Å²) in [5, 5.41) is 0. The summed E-state index contributed by atoms with van der Waals surface area (Å²) in [5.74, 6) is 1.72. The predicted molar refractivity (Wildman–Crippen MR) is 87.6 cm³/mol. The Morgan fingerprint density at radius 2 is 1.95 bits per heavy atom. The first-order chi connectivity index (χ1) is 9.49. The van der Waals surface area contributed by atoms with Crippen LogP contribution in [0.25, 0.3) is 0 Å². The summed E-state index contributed by atoms with van der Waals surface area (Å²) in [7, 11) is 0. The molecule has 20 heavy (non-hydrogen) atoms. The second kappa shape index (κ2) is 6.43. The molecule has 0 radical (unpaired) electrons. The lowest BCUT2D eigenvalue weighted by atomic mass is 10.1. The Hall–Kier alpha value is -1.30. The molecule has 1 amide bonds. The second-order valence-corrected chi connectivity index (χ2v) is 6.18. The molecule has 2 rings (SSSR count). The molecule has 0 aliphatic rings. The third kappa shape index (κ3) is 3.42. The van der Waals surface area contributed by atoms with Gasteiger partial charge in [0.1, 0.15) is 11.5 Å². The van der Waals surface area contributed by atoms with E-state index < -0.39 is 0 Å². The van der Waals surface area contributed by atoms with Crippen LogP contribution in [0, 0.1) is 10.5 Å². The number of halogens is 1. The summed E-state index contributed by atoms with van der Waals surface area (Å²) in [6.45, 7) is 6.44. The Morgan fingerprint density at radius 3 is 2.50 bits per heavy atom. The molecule has 3 nitrogen and oxygen atoms in total. The van der Waals surface area contributed by atoms with E-state index in [1.165, 1.54) is 0 Å². The van der Waals surface area contributed by atoms with Gasteiger partial charge in [0.25, 0.3) is 5.91 Å². The van der Waals surface area contributed by atoms with Gasteiger partial charge in [-0.25, -0.2) is 0 Å². The van der Waals surface area contributed by atoms with E-state index >= 15 is 0 Å². The van der Waals surface area contributed by atoms with Crippen LogP contribution in [0.3, 0.4) is 0 Å². The van der Waals surface area contributed by atoms with Gasteiger partial charge in [-0.15, -0.1) is 0 Å². The van der Waals surface area contributed by atoms with E-state index in [-0.39, 0.29) is 11.9 Å². The maximum Gasteiger partial charge on any atom is 0.255 e. The van der Waals surface area contributed by atoms with Crippen LogP contribution in [0.15, 0.2) is 40.8 Å². The minimum atomic E-state index is 0.0408. The predicted octanol–water partition coefficient (Wildman–Crippen LogP) is 4.24. The van der Waals surface area contributed by atoms with Crippen molar-refractivity contribution >= 4 is 28.5 Å². The first kappa shape index (κ1) is 15.1. The number of amides is 1. The van der Waals surface area contributed by atoms with Crippen LogP contribution in [-0.2, 0) is 6.54 Å². The lowest BCUT2D eigenvalue weighted by Crippen LogP contribution is -2.36. The minimum Gasteiger partial charge on any atom is -0.464 e. The fraction of sp³-hybridized carbons (Fsp3) is 0.312. The molecule has 0 bridgehead atoms. The maximum atomic E-state index is 12.7. The fourth-order valence-electron chi connectivity index (χ4n) is 2.02. The van der Waals surface area contributed by atoms with Crippen LogP contribution < -0.4 is 0 Å². The van der Waals surface area contributed by atoms with Crippen LogP contribution in [-0.4, -0.2) is 16.8 Å². The number of carbonyl (C=O) groups is 1. The molecule has 0 spiro atoms. The number of furan rings is 1. The van der Waals surface area contributed by atoms with Gasteiger partial charge in [0.15, 0.2) is 0 Å². The Kier molecular flexibility index (Phi) is 4.86. The molecule has 0 unspecified atom stereocenters. The Labute approximate surface area is 133 Å². The van der Waals surface area contributed by atoms with E-state index in [1.807, 2.05) is 62.1 Å². The van der Waals surface area contributed by atoms with Gasteiger partial charge in [-0.05, 0) is 67.6 Å². The standard InChI is InChI=1S/C16H18INO2/c1-11(2)18(10-13-9-8-12(3)20-13)16(19)14-6-4-5-7-15(14)17/h4-9,11H,10H2,1-3H3. The number of rotatable bonds is 4. The van der Waals surface area contributed by atoms with E-state index in [0.717, 1.165) is 20.7 Å². The Morgan fingerprint density at radius 1 is 1.25 bits per heavy atom. The van der Waals surface area contributed by atoms with Crippen LogP contribution >= 0.6 is 22.6 Å². The van der Waals surface area contributed by atoms with Crippen molar-refractivity contribution < 1.29 is 9.21 Å². The van der Waals surface area contributed by atoms with Crippen molar-refractivity contribution in [3.8, 4) is 0 Å². The summed E-state index contributed by atoms with van der Waals surface area (Å²) in [6, 6.07) is 11.6. The van der Waals surface area contributed by atoms with E-state index in [2.05, 4.69) is 22.6 Å². The molecule has 1 aromatic heterocycles. The first-order valence-electron chi connectivity index (χ1n) is 6.60. The zero-order valence-corrected chi connectivity index (χ0v) is 14.0. The highest BCUT2D eigenvalue weighted by atomic mass is 127. The summed E-state index contributed by atoms with van der Waals surface area (Å²) in [6.07, 6.45) is 0. The molecule has 0 saturated heterocycles. The molecule has 0 fully saturated rings.